The maximum absolute atomic E-state index is 13.7. The zero-order valence-corrected chi connectivity index (χ0v) is 23.3. The summed E-state index contributed by atoms with van der Waals surface area (Å²) in [5.41, 5.74) is 8.78. The van der Waals surface area contributed by atoms with E-state index in [1.165, 1.54) is 4.90 Å². The summed E-state index contributed by atoms with van der Waals surface area (Å²) in [6.07, 6.45) is 0. The number of fused-ring (bicyclic) bond motifs is 1. The number of imide groups is 1. The van der Waals surface area contributed by atoms with E-state index in [0.29, 0.717) is 40.4 Å². The standard InChI is InChI=1S/C28H29Cl2N7O3/c1-18(32-13-14-33-27-34-24-5-3-4-6-25(24)35-27)36(16-19-7-10-21(40-2)11-8-19)28(39)37(26(31)38)17-20-9-12-22(29)23(30)15-20/h3-12,15,32H,1,13-14,16-17H2,2H3,(H2,31,38)(H2,33,34,35). The summed E-state index contributed by atoms with van der Waals surface area (Å²) in [5, 5.41) is 7.02. The van der Waals surface area contributed by atoms with Gasteiger partial charge in [-0.1, -0.05) is 60.1 Å². The molecule has 1 heterocycles. The number of urea groups is 2. The van der Waals surface area contributed by atoms with Crippen molar-refractivity contribution >= 4 is 52.2 Å². The van der Waals surface area contributed by atoms with Crippen molar-refractivity contribution < 1.29 is 14.3 Å². The topological polar surface area (TPSA) is 129 Å². The predicted octanol–water partition coefficient (Wildman–Crippen LogP) is 5.55. The Morgan fingerprint density at radius 2 is 1.68 bits per heavy atom. The van der Waals surface area contributed by atoms with Crippen LogP contribution in [-0.4, -0.2) is 52.0 Å². The minimum absolute atomic E-state index is 0.106. The fourth-order valence-corrected chi connectivity index (χ4v) is 4.24. The summed E-state index contributed by atoms with van der Waals surface area (Å²) in [6, 6.07) is 18.2. The predicted molar refractivity (Wildman–Crippen MR) is 157 cm³/mol. The van der Waals surface area contributed by atoms with Gasteiger partial charge in [0.1, 0.15) is 11.6 Å². The molecular weight excluding hydrogens is 553 g/mol. The largest absolute Gasteiger partial charge is 0.497 e. The molecule has 0 atom stereocenters. The number of amides is 4. The summed E-state index contributed by atoms with van der Waals surface area (Å²) in [4.78, 5) is 36.1. The first-order valence-corrected chi connectivity index (χ1v) is 13.1. The molecule has 0 aliphatic carbocycles. The second-order valence-corrected chi connectivity index (χ2v) is 9.61. The molecule has 1 aromatic heterocycles. The molecule has 0 saturated carbocycles. The molecule has 4 aromatic rings. The van der Waals surface area contributed by atoms with Crippen LogP contribution < -0.4 is 21.1 Å². The van der Waals surface area contributed by atoms with Gasteiger partial charge in [-0.15, -0.1) is 0 Å². The summed E-state index contributed by atoms with van der Waals surface area (Å²) in [7, 11) is 1.57. The summed E-state index contributed by atoms with van der Waals surface area (Å²) >= 11 is 12.1. The van der Waals surface area contributed by atoms with Crippen LogP contribution in [0.5, 0.6) is 5.75 Å². The third-order valence-electron chi connectivity index (χ3n) is 6.01. The maximum atomic E-state index is 13.7. The molecule has 0 unspecified atom stereocenters. The van der Waals surface area contributed by atoms with E-state index in [9.17, 15) is 9.59 Å². The lowest BCUT2D eigenvalue weighted by atomic mass is 10.2. The minimum Gasteiger partial charge on any atom is -0.497 e. The first kappa shape index (κ1) is 28.6. The van der Waals surface area contributed by atoms with Crippen LogP contribution in [0.15, 0.2) is 79.1 Å². The Kier molecular flexibility index (Phi) is 9.36. The van der Waals surface area contributed by atoms with Gasteiger partial charge in [0, 0.05) is 13.1 Å². The fourth-order valence-electron chi connectivity index (χ4n) is 3.92. The highest BCUT2D eigenvalue weighted by atomic mass is 35.5. The Morgan fingerprint density at radius 1 is 0.975 bits per heavy atom. The SMILES string of the molecule is C=C(NCCNc1nc2ccccc2[nH]1)N(Cc1ccc(OC)cc1)C(=O)N(Cc1ccc(Cl)c(Cl)c1)C(N)=O. The third-order valence-corrected chi connectivity index (χ3v) is 6.75. The van der Waals surface area contributed by atoms with Gasteiger partial charge in [0.25, 0.3) is 0 Å². The van der Waals surface area contributed by atoms with E-state index in [1.54, 1.807) is 37.4 Å². The second-order valence-electron chi connectivity index (χ2n) is 8.79. The summed E-state index contributed by atoms with van der Waals surface area (Å²) < 4.78 is 5.23. The van der Waals surface area contributed by atoms with Gasteiger partial charge >= 0.3 is 12.1 Å². The molecule has 10 nitrogen and oxygen atoms in total. The lowest BCUT2D eigenvalue weighted by Gasteiger charge is -2.30. The zero-order valence-electron chi connectivity index (χ0n) is 21.8. The van der Waals surface area contributed by atoms with E-state index < -0.39 is 12.1 Å². The molecule has 0 spiro atoms. The van der Waals surface area contributed by atoms with Crippen LogP contribution in [0.2, 0.25) is 10.0 Å². The van der Waals surface area contributed by atoms with Crippen molar-refractivity contribution in [3.05, 3.63) is 100 Å². The van der Waals surface area contributed by atoms with Crippen LogP contribution in [0.25, 0.3) is 11.0 Å². The number of hydrogen-bond donors (Lipinski definition) is 4. The highest BCUT2D eigenvalue weighted by molar-refractivity contribution is 6.42. The van der Waals surface area contributed by atoms with Gasteiger partial charge in [0.2, 0.25) is 5.95 Å². The second kappa shape index (κ2) is 13.1. The van der Waals surface area contributed by atoms with Crippen LogP contribution in [0, 0.1) is 0 Å². The highest BCUT2D eigenvalue weighted by Gasteiger charge is 2.27. The van der Waals surface area contributed by atoms with Gasteiger partial charge in [-0.3, -0.25) is 4.90 Å². The molecule has 208 valence electrons. The number of ether oxygens (including phenoxy) is 1. The Morgan fingerprint density at radius 3 is 2.35 bits per heavy atom. The number of halogens is 2. The lowest BCUT2D eigenvalue weighted by molar-refractivity contribution is 0.161. The number of nitrogens with one attached hydrogen (secondary N) is 3. The van der Waals surface area contributed by atoms with E-state index in [4.69, 9.17) is 33.7 Å². The molecule has 5 N–H and O–H groups in total. The van der Waals surface area contributed by atoms with Crippen LogP contribution in [0.4, 0.5) is 15.5 Å². The Hall–Kier alpha value is -4.41. The van der Waals surface area contributed by atoms with Gasteiger partial charge in [-0.05, 0) is 47.5 Å². The Labute approximate surface area is 241 Å². The molecule has 0 aliphatic heterocycles. The van der Waals surface area contributed by atoms with E-state index in [1.807, 2.05) is 36.4 Å². The van der Waals surface area contributed by atoms with Crippen molar-refractivity contribution in [2.75, 3.05) is 25.5 Å². The molecule has 40 heavy (non-hydrogen) atoms. The van der Waals surface area contributed by atoms with Gasteiger partial charge in [0.05, 0.1) is 41.3 Å². The number of aromatic nitrogens is 2. The average Bonchev–Trinajstić information content (AvgIpc) is 3.37. The molecule has 0 radical (unpaired) electrons. The number of anilines is 1. The van der Waals surface area contributed by atoms with Gasteiger partial charge in [-0.2, -0.15) is 0 Å². The van der Waals surface area contributed by atoms with Gasteiger partial charge < -0.3 is 26.1 Å². The van der Waals surface area contributed by atoms with E-state index in [2.05, 4.69) is 27.2 Å². The van der Waals surface area contributed by atoms with Crippen LogP contribution in [-0.2, 0) is 13.1 Å². The number of benzene rings is 3. The quantitative estimate of drug-likeness (QED) is 0.172. The summed E-state index contributed by atoms with van der Waals surface area (Å²) in [5.74, 6) is 1.59. The smallest absolute Gasteiger partial charge is 0.334 e. The summed E-state index contributed by atoms with van der Waals surface area (Å²) in [6.45, 7) is 4.96. The van der Waals surface area contributed by atoms with Crippen LogP contribution >= 0.6 is 23.2 Å². The number of carbonyl (C=O) groups is 2. The number of nitrogens with two attached hydrogens (primary N) is 1. The third kappa shape index (κ3) is 7.16. The number of imidazole rings is 1. The number of para-hydroxylation sites is 2. The van der Waals surface area contributed by atoms with Gasteiger partial charge in [0.15, 0.2) is 0 Å². The number of aromatic amines is 1. The molecule has 12 heteroatoms. The van der Waals surface area contributed by atoms with Crippen molar-refractivity contribution in [1.29, 1.82) is 0 Å². The maximum Gasteiger partial charge on any atom is 0.334 e. The minimum atomic E-state index is -0.921. The first-order valence-electron chi connectivity index (χ1n) is 12.3. The van der Waals surface area contributed by atoms with Crippen molar-refractivity contribution in [3.8, 4) is 5.75 Å². The Balaban J connectivity index is 1.47. The first-order chi connectivity index (χ1) is 19.2. The zero-order chi connectivity index (χ0) is 28.6. The number of methoxy groups -OCH3 is 1. The van der Waals surface area contributed by atoms with E-state index in [0.717, 1.165) is 21.5 Å². The molecule has 0 saturated heterocycles. The molecule has 4 amide bonds. The van der Waals surface area contributed by atoms with Crippen molar-refractivity contribution in [1.82, 2.24) is 25.1 Å². The van der Waals surface area contributed by atoms with Crippen molar-refractivity contribution in [2.24, 2.45) is 5.73 Å². The highest BCUT2D eigenvalue weighted by Crippen LogP contribution is 2.24. The molecular formula is C28H29Cl2N7O3. The monoisotopic (exact) mass is 581 g/mol. The lowest BCUT2D eigenvalue weighted by Crippen LogP contribution is -2.49. The normalized spacial score (nSPS) is 10.7. The molecule has 3 aromatic carbocycles. The van der Waals surface area contributed by atoms with Crippen LogP contribution in [0.3, 0.4) is 0 Å². The molecule has 4 rings (SSSR count). The van der Waals surface area contributed by atoms with Crippen molar-refractivity contribution in [3.63, 3.8) is 0 Å². The Bertz CT molecular complexity index is 1470. The number of primary amides is 1. The number of rotatable bonds is 11. The number of hydrogen-bond acceptors (Lipinski definition) is 6. The molecule has 0 fully saturated rings. The number of nitrogens with zero attached hydrogens (tertiary/aromatic N) is 3. The fraction of sp³-hybridized carbons (Fsp3) is 0.179. The van der Waals surface area contributed by atoms with E-state index >= 15 is 0 Å². The number of carbonyl (C=O) groups excluding carboxylic acids is 2. The number of H-pyrrole nitrogens is 1. The van der Waals surface area contributed by atoms with Crippen LogP contribution in [0.1, 0.15) is 11.1 Å². The van der Waals surface area contributed by atoms with E-state index in [-0.39, 0.29) is 18.9 Å². The molecule has 0 bridgehead atoms. The van der Waals surface area contributed by atoms with Gasteiger partial charge in [-0.25, -0.2) is 19.5 Å². The van der Waals surface area contributed by atoms with Crippen molar-refractivity contribution in [2.45, 2.75) is 13.1 Å². The molecule has 0 aliphatic rings. The average molecular weight is 582 g/mol.